The van der Waals surface area contributed by atoms with Crippen molar-refractivity contribution in [2.24, 2.45) is 0 Å². The summed E-state index contributed by atoms with van der Waals surface area (Å²) in [7, 11) is 0. The fraction of sp³-hybridized carbons (Fsp3) is 0.125. The lowest BCUT2D eigenvalue weighted by Gasteiger charge is -2.05. The van der Waals surface area contributed by atoms with Gasteiger partial charge in [-0.25, -0.2) is 4.79 Å². The molecule has 0 amide bonds. The molecule has 1 unspecified atom stereocenters. The highest BCUT2D eigenvalue weighted by Gasteiger charge is 2.19. The first kappa shape index (κ1) is 12.3. The standard InChI is InChI=1S/C8H7NO6S/c10-8(11)6-2-1-5(4-16(14)15)3-7(6)9(12)13/h1-3H,4H2,(H,10,11)(H,14,15)/p-1. The second-order valence-corrected chi connectivity index (χ2v) is 3.76. The van der Waals surface area contributed by atoms with Crippen molar-refractivity contribution in [3.8, 4) is 0 Å². The molecular formula is C8H6NO6S-. The van der Waals surface area contributed by atoms with Crippen LogP contribution in [-0.4, -0.2) is 24.8 Å². The van der Waals surface area contributed by atoms with Crippen LogP contribution in [0.2, 0.25) is 0 Å². The molecule has 8 heteroatoms. The highest BCUT2D eigenvalue weighted by Crippen LogP contribution is 2.21. The number of rotatable bonds is 4. The highest BCUT2D eigenvalue weighted by molar-refractivity contribution is 7.78. The minimum Gasteiger partial charge on any atom is -0.772 e. The number of hydrogen-bond acceptors (Lipinski definition) is 5. The third-order valence-electron chi connectivity index (χ3n) is 1.77. The molecule has 0 fully saturated rings. The Balaban J connectivity index is 3.22. The van der Waals surface area contributed by atoms with Gasteiger partial charge < -0.3 is 9.66 Å². The third kappa shape index (κ3) is 2.84. The van der Waals surface area contributed by atoms with Crippen LogP contribution in [0, 0.1) is 10.1 Å². The lowest BCUT2D eigenvalue weighted by atomic mass is 10.1. The second-order valence-electron chi connectivity index (χ2n) is 2.86. The lowest BCUT2D eigenvalue weighted by Crippen LogP contribution is -2.04. The average molecular weight is 244 g/mol. The maximum Gasteiger partial charge on any atom is 0.342 e. The lowest BCUT2D eigenvalue weighted by molar-refractivity contribution is -0.385. The molecule has 0 heterocycles. The van der Waals surface area contributed by atoms with E-state index in [4.69, 9.17) is 5.11 Å². The molecular weight excluding hydrogens is 238 g/mol. The number of carboxylic acid groups (broad SMARTS) is 1. The van der Waals surface area contributed by atoms with Crippen molar-refractivity contribution in [2.45, 2.75) is 5.75 Å². The Morgan fingerprint density at radius 1 is 1.50 bits per heavy atom. The number of hydrogen-bond donors (Lipinski definition) is 1. The van der Waals surface area contributed by atoms with E-state index in [0.29, 0.717) is 0 Å². The number of nitro groups is 1. The van der Waals surface area contributed by atoms with Crippen LogP contribution in [0.25, 0.3) is 0 Å². The maximum absolute atomic E-state index is 10.6. The fourth-order valence-electron chi connectivity index (χ4n) is 1.13. The summed E-state index contributed by atoms with van der Waals surface area (Å²) in [4.78, 5) is 20.3. The van der Waals surface area contributed by atoms with Gasteiger partial charge in [0.1, 0.15) is 5.56 Å². The van der Waals surface area contributed by atoms with Gasteiger partial charge in [0.05, 0.1) is 4.92 Å². The summed E-state index contributed by atoms with van der Waals surface area (Å²) in [6.07, 6.45) is 0. The van der Waals surface area contributed by atoms with E-state index in [9.17, 15) is 23.7 Å². The number of aromatic carboxylic acids is 1. The summed E-state index contributed by atoms with van der Waals surface area (Å²) >= 11 is -2.38. The van der Waals surface area contributed by atoms with E-state index in [1.54, 1.807) is 0 Å². The van der Waals surface area contributed by atoms with E-state index in [2.05, 4.69) is 0 Å². The molecule has 1 rings (SSSR count). The molecule has 0 aromatic heterocycles. The molecule has 1 aromatic rings. The largest absolute Gasteiger partial charge is 0.772 e. The van der Waals surface area contributed by atoms with E-state index in [0.717, 1.165) is 12.1 Å². The summed E-state index contributed by atoms with van der Waals surface area (Å²) in [5.74, 6) is -1.82. The molecule has 0 spiro atoms. The van der Waals surface area contributed by atoms with Crippen LogP contribution >= 0.6 is 0 Å². The van der Waals surface area contributed by atoms with Gasteiger partial charge in [-0.2, -0.15) is 0 Å². The van der Waals surface area contributed by atoms with Crippen molar-refractivity contribution in [1.29, 1.82) is 0 Å². The van der Waals surface area contributed by atoms with Gasteiger partial charge >= 0.3 is 5.97 Å². The molecule has 86 valence electrons. The predicted molar refractivity (Wildman–Crippen MR) is 52.7 cm³/mol. The van der Waals surface area contributed by atoms with Gasteiger partial charge in [-0.3, -0.25) is 14.3 Å². The van der Waals surface area contributed by atoms with Gasteiger partial charge in [0.15, 0.2) is 0 Å². The fourth-order valence-corrected chi connectivity index (χ4v) is 1.59. The molecule has 0 saturated carbocycles. The molecule has 0 aliphatic heterocycles. The molecule has 0 radical (unpaired) electrons. The van der Waals surface area contributed by atoms with E-state index in [1.165, 1.54) is 6.07 Å². The van der Waals surface area contributed by atoms with Crippen molar-refractivity contribution < 1.29 is 23.6 Å². The molecule has 0 aliphatic rings. The first-order valence-corrected chi connectivity index (χ1v) is 5.22. The highest BCUT2D eigenvalue weighted by atomic mass is 32.2. The first-order valence-electron chi connectivity index (χ1n) is 3.98. The number of benzene rings is 1. The number of nitrogens with zero attached hydrogens (tertiary/aromatic N) is 1. The Labute approximate surface area is 92.1 Å². The van der Waals surface area contributed by atoms with E-state index < -0.39 is 33.2 Å². The summed E-state index contributed by atoms with van der Waals surface area (Å²) < 4.78 is 20.8. The number of carboxylic acids is 1. The van der Waals surface area contributed by atoms with Gasteiger partial charge in [-0.05, 0) is 11.6 Å². The van der Waals surface area contributed by atoms with Gasteiger partial charge in [0.25, 0.3) is 5.69 Å². The molecule has 1 atom stereocenters. The summed E-state index contributed by atoms with van der Waals surface area (Å²) in [5.41, 5.74) is -0.911. The van der Waals surface area contributed by atoms with Crippen LogP contribution < -0.4 is 0 Å². The van der Waals surface area contributed by atoms with Gasteiger partial charge in [-0.1, -0.05) is 17.1 Å². The average Bonchev–Trinajstić information content (AvgIpc) is 2.16. The molecule has 0 aliphatic carbocycles. The van der Waals surface area contributed by atoms with Crippen LogP contribution in [0.15, 0.2) is 18.2 Å². The topological polar surface area (TPSA) is 121 Å². The molecule has 7 nitrogen and oxygen atoms in total. The smallest absolute Gasteiger partial charge is 0.342 e. The van der Waals surface area contributed by atoms with Crippen LogP contribution in [-0.2, 0) is 16.8 Å². The van der Waals surface area contributed by atoms with Crippen LogP contribution in [0.1, 0.15) is 15.9 Å². The molecule has 1 aromatic carbocycles. The zero-order valence-corrected chi connectivity index (χ0v) is 8.60. The van der Waals surface area contributed by atoms with E-state index >= 15 is 0 Å². The number of carbonyl (C=O) groups is 1. The van der Waals surface area contributed by atoms with Crippen molar-refractivity contribution in [3.05, 3.63) is 39.4 Å². The molecule has 1 N–H and O–H groups in total. The quantitative estimate of drug-likeness (QED) is 0.472. The maximum atomic E-state index is 10.6. The van der Waals surface area contributed by atoms with Crippen LogP contribution in [0.5, 0.6) is 0 Å². The second kappa shape index (κ2) is 4.81. The minimum absolute atomic E-state index is 0.171. The molecule has 16 heavy (non-hydrogen) atoms. The van der Waals surface area contributed by atoms with Crippen molar-refractivity contribution in [2.75, 3.05) is 0 Å². The Morgan fingerprint density at radius 3 is 2.56 bits per heavy atom. The van der Waals surface area contributed by atoms with Crippen molar-refractivity contribution >= 4 is 22.7 Å². The van der Waals surface area contributed by atoms with Gasteiger partial charge in [0, 0.05) is 11.8 Å². The summed E-state index contributed by atoms with van der Waals surface area (Å²) in [6, 6.07) is 3.19. The number of nitro benzene ring substituents is 1. The van der Waals surface area contributed by atoms with Gasteiger partial charge in [-0.15, -0.1) is 0 Å². The summed E-state index contributed by atoms with van der Waals surface area (Å²) in [6.45, 7) is 0. The molecule has 0 bridgehead atoms. The SMILES string of the molecule is O=C(O)c1ccc(CS(=O)[O-])cc1[N+](=O)[O-]. The Kier molecular flexibility index (Phi) is 3.69. The van der Waals surface area contributed by atoms with Crippen LogP contribution in [0.3, 0.4) is 0 Å². The van der Waals surface area contributed by atoms with Crippen molar-refractivity contribution in [1.82, 2.24) is 0 Å². The monoisotopic (exact) mass is 244 g/mol. The Morgan fingerprint density at radius 2 is 2.12 bits per heavy atom. The van der Waals surface area contributed by atoms with Crippen LogP contribution in [0.4, 0.5) is 5.69 Å². The first-order chi connectivity index (χ1) is 7.41. The Bertz CT molecular complexity index is 472. The third-order valence-corrected chi connectivity index (χ3v) is 2.34. The molecule has 0 saturated heterocycles. The van der Waals surface area contributed by atoms with Crippen molar-refractivity contribution in [3.63, 3.8) is 0 Å². The normalized spacial score (nSPS) is 12.1. The van der Waals surface area contributed by atoms with Gasteiger partial charge in [0.2, 0.25) is 0 Å². The van der Waals surface area contributed by atoms with E-state index in [-0.39, 0.29) is 11.3 Å². The minimum atomic E-state index is -2.38. The summed E-state index contributed by atoms with van der Waals surface area (Å²) in [5, 5.41) is 19.2. The zero-order valence-electron chi connectivity index (χ0n) is 7.78. The predicted octanol–water partition coefficient (Wildman–Crippen LogP) is 0.672. The van der Waals surface area contributed by atoms with E-state index in [1.807, 2.05) is 0 Å². The zero-order chi connectivity index (χ0) is 12.3. The Hall–Kier alpha value is -1.80.